The lowest BCUT2D eigenvalue weighted by atomic mass is 10.1. The van der Waals surface area contributed by atoms with Crippen LogP contribution in [-0.2, 0) is 0 Å². The number of aryl methyl sites for hydroxylation is 1. The molecule has 0 saturated heterocycles. The topological polar surface area (TPSA) is 46.3 Å². The summed E-state index contributed by atoms with van der Waals surface area (Å²) in [5, 5.41) is 0.399. The third-order valence-electron chi connectivity index (χ3n) is 3.12. The van der Waals surface area contributed by atoms with E-state index in [-0.39, 0.29) is 5.91 Å². The Balaban J connectivity index is 2.36. The number of halogens is 1. The first-order valence-corrected chi connectivity index (χ1v) is 6.84. The highest BCUT2D eigenvalue weighted by molar-refractivity contribution is 6.33. The van der Waals surface area contributed by atoms with E-state index in [1.54, 1.807) is 23.1 Å². The zero-order valence-corrected chi connectivity index (χ0v) is 12.3. The van der Waals surface area contributed by atoms with Crippen molar-refractivity contribution in [3.05, 3.63) is 58.6 Å². The van der Waals surface area contributed by atoms with E-state index in [0.717, 1.165) is 11.3 Å². The van der Waals surface area contributed by atoms with E-state index in [2.05, 4.69) is 0 Å². The van der Waals surface area contributed by atoms with Gasteiger partial charge in [-0.2, -0.15) is 0 Å². The van der Waals surface area contributed by atoms with Crippen LogP contribution in [0.25, 0.3) is 0 Å². The van der Waals surface area contributed by atoms with Crippen LogP contribution >= 0.6 is 11.6 Å². The number of nitrogens with two attached hydrogens (primary N) is 1. The van der Waals surface area contributed by atoms with Crippen molar-refractivity contribution < 1.29 is 4.79 Å². The van der Waals surface area contributed by atoms with Crippen molar-refractivity contribution >= 4 is 28.9 Å². The van der Waals surface area contributed by atoms with E-state index in [4.69, 9.17) is 17.3 Å². The predicted octanol–water partition coefficient (Wildman–Crippen LogP) is 3.90. The summed E-state index contributed by atoms with van der Waals surface area (Å²) in [6.07, 6.45) is 0. The van der Waals surface area contributed by atoms with Crippen LogP contribution in [0.15, 0.2) is 42.5 Å². The molecule has 0 heterocycles. The third kappa shape index (κ3) is 2.94. The minimum Gasteiger partial charge on any atom is -0.398 e. The Labute approximate surface area is 124 Å². The predicted molar refractivity (Wildman–Crippen MR) is 84.4 cm³/mol. The molecular formula is C16H17ClN2O. The second-order valence-corrected chi connectivity index (χ2v) is 5.03. The van der Waals surface area contributed by atoms with Crippen LogP contribution < -0.4 is 10.6 Å². The number of benzene rings is 2. The van der Waals surface area contributed by atoms with Crippen LogP contribution in [0.4, 0.5) is 11.4 Å². The van der Waals surface area contributed by atoms with Gasteiger partial charge in [-0.1, -0.05) is 23.7 Å². The number of carbonyl (C=O) groups excluding carboxylic acids is 1. The summed E-state index contributed by atoms with van der Waals surface area (Å²) in [4.78, 5) is 14.3. The maximum atomic E-state index is 12.6. The largest absolute Gasteiger partial charge is 0.398 e. The number of nitrogens with zero attached hydrogens (tertiary/aromatic N) is 1. The Morgan fingerprint density at radius 2 is 2.00 bits per heavy atom. The standard InChI is InChI=1S/C16H17ClN2O/c1-3-19(13-6-4-5-11(2)9-13)16(20)12-7-8-15(18)14(17)10-12/h4-10H,3,18H2,1-2H3. The van der Waals surface area contributed by atoms with Crippen molar-refractivity contribution in [2.24, 2.45) is 0 Å². The van der Waals surface area contributed by atoms with Gasteiger partial charge < -0.3 is 10.6 Å². The molecule has 0 aromatic heterocycles. The molecule has 0 aliphatic carbocycles. The van der Waals surface area contributed by atoms with Crippen LogP contribution in [0.2, 0.25) is 5.02 Å². The Kier molecular flexibility index (Phi) is 4.30. The molecule has 1 amide bonds. The molecule has 3 nitrogen and oxygen atoms in total. The molecule has 20 heavy (non-hydrogen) atoms. The molecule has 0 unspecified atom stereocenters. The van der Waals surface area contributed by atoms with Gasteiger partial charge in [-0.15, -0.1) is 0 Å². The first kappa shape index (κ1) is 14.4. The maximum Gasteiger partial charge on any atom is 0.258 e. The Morgan fingerprint density at radius 1 is 1.25 bits per heavy atom. The van der Waals surface area contributed by atoms with Gasteiger partial charge in [0, 0.05) is 17.8 Å². The van der Waals surface area contributed by atoms with Crippen LogP contribution in [0.1, 0.15) is 22.8 Å². The molecular weight excluding hydrogens is 272 g/mol. The molecule has 0 radical (unpaired) electrons. The van der Waals surface area contributed by atoms with Crippen LogP contribution in [0.5, 0.6) is 0 Å². The maximum absolute atomic E-state index is 12.6. The van der Waals surface area contributed by atoms with E-state index in [9.17, 15) is 4.79 Å². The summed E-state index contributed by atoms with van der Waals surface area (Å²) in [7, 11) is 0. The van der Waals surface area contributed by atoms with Crippen molar-refractivity contribution in [3.63, 3.8) is 0 Å². The SMILES string of the molecule is CCN(C(=O)c1ccc(N)c(Cl)c1)c1cccc(C)c1. The van der Waals surface area contributed by atoms with Crippen LogP contribution in [-0.4, -0.2) is 12.5 Å². The first-order valence-electron chi connectivity index (χ1n) is 6.46. The minimum atomic E-state index is -0.0833. The summed E-state index contributed by atoms with van der Waals surface area (Å²) in [5.74, 6) is -0.0833. The highest BCUT2D eigenvalue weighted by atomic mass is 35.5. The number of hydrogen-bond acceptors (Lipinski definition) is 2. The molecule has 0 aliphatic rings. The Hall–Kier alpha value is -2.00. The molecule has 2 N–H and O–H groups in total. The fourth-order valence-electron chi connectivity index (χ4n) is 2.06. The zero-order valence-electron chi connectivity index (χ0n) is 11.6. The van der Waals surface area contributed by atoms with Crippen molar-refractivity contribution in [1.29, 1.82) is 0 Å². The third-order valence-corrected chi connectivity index (χ3v) is 3.45. The average Bonchev–Trinajstić information content (AvgIpc) is 2.42. The molecule has 4 heteroatoms. The number of nitrogen functional groups attached to an aromatic ring is 1. The fraction of sp³-hybridized carbons (Fsp3) is 0.188. The number of amides is 1. The normalized spacial score (nSPS) is 10.3. The highest BCUT2D eigenvalue weighted by Gasteiger charge is 2.16. The molecule has 0 bridgehead atoms. The average molecular weight is 289 g/mol. The van der Waals surface area contributed by atoms with Gasteiger partial charge in [-0.05, 0) is 49.7 Å². The number of anilines is 2. The van der Waals surface area contributed by atoms with Crippen molar-refractivity contribution in [1.82, 2.24) is 0 Å². The molecule has 2 rings (SSSR count). The summed E-state index contributed by atoms with van der Waals surface area (Å²) < 4.78 is 0. The summed E-state index contributed by atoms with van der Waals surface area (Å²) in [5.41, 5.74) is 8.68. The van der Waals surface area contributed by atoms with E-state index in [1.807, 2.05) is 38.1 Å². The Morgan fingerprint density at radius 3 is 2.60 bits per heavy atom. The number of rotatable bonds is 3. The summed E-state index contributed by atoms with van der Waals surface area (Å²) in [6, 6.07) is 12.8. The number of carbonyl (C=O) groups is 1. The van der Waals surface area contributed by atoms with Gasteiger partial charge in [0.15, 0.2) is 0 Å². The molecule has 2 aromatic carbocycles. The molecule has 0 saturated carbocycles. The van der Waals surface area contributed by atoms with Crippen LogP contribution in [0.3, 0.4) is 0 Å². The van der Waals surface area contributed by atoms with Gasteiger partial charge in [-0.3, -0.25) is 4.79 Å². The lowest BCUT2D eigenvalue weighted by Gasteiger charge is -2.21. The van der Waals surface area contributed by atoms with Gasteiger partial charge in [0.2, 0.25) is 0 Å². The molecule has 0 fully saturated rings. The van der Waals surface area contributed by atoms with Gasteiger partial charge in [0.1, 0.15) is 0 Å². The lowest BCUT2D eigenvalue weighted by molar-refractivity contribution is 0.0988. The monoisotopic (exact) mass is 288 g/mol. The molecule has 104 valence electrons. The van der Waals surface area contributed by atoms with Crippen molar-refractivity contribution in [2.75, 3.05) is 17.2 Å². The smallest absolute Gasteiger partial charge is 0.258 e. The highest BCUT2D eigenvalue weighted by Crippen LogP contribution is 2.23. The molecule has 0 spiro atoms. The van der Waals surface area contributed by atoms with E-state index < -0.39 is 0 Å². The van der Waals surface area contributed by atoms with Crippen molar-refractivity contribution in [3.8, 4) is 0 Å². The first-order chi connectivity index (χ1) is 9.52. The second kappa shape index (κ2) is 5.97. The Bertz CT molecular complexity index is 640. The van der Waals surface area contributed by atoms with E-state index in [0.29, 0.717) is 22.8 Å². The van der Waals surface area contributed by atoms with Gasteiger partial charge in [0.05, 0.1) is 10.7 Å². The lowest BCUT2D eigenvalue weighted by Crippen LogP contribution is -2.30. The second-order valence-electron chi connectivity index (χ2n) is 4.62. The zero-order chi connectivity index (χ0) is 14.7. The number of hydrogen-bond donors (Lipinski definition) is 1. The van der Waals surface area contributed by atoms with Gasteiger partial charge >= 0.3 is 0 Å². The summed E-state index contributed by atoms with van der Waals surface area (Å²) >= 11 is 5.98. The quantitative estimate of drug-likeness (QED) is 0.871. The minimum absolute atomic E-state index is 0.0833. The van der Waals surface area contributed by atoms with E-state index in [1.165, 1.54) is 0 Å². The molecule has 0 aliphatic heterocycles. The van der Waals surface area contributed by atoms with Gasteiger partial charge in [0.25, 0.3) is 5.91 Å². The molecule has 2 aromatic rings. The van der Waals surface area contributed by atoms with Gasteiger partial charge in [-0.25, -0.2) is 0 Å². The summed E-state index contributed by atoms with van der Waals surface area (Å²) in [6.45, 7) is 4.53. The van der Waals surface area contributed by atoms with E-state index >= 15 is 0 Å². The van der Waals surface area contributed by atoms with Crippen molar-refractivity contribution in [2.45, 2.75) is 13.8 Å². The molecule has 0 atom stereocenters. The van der Waals surface area contributed by atoms with Crippen LogP contribution in [0, 0.1) is 6.92 Å². The fourth-order valence-corrected chi connectivity index (χ4v) is 2.24.